The molecule has 6 heteroatoms. The van der Waals surface area contributed by atoms with E-state index in [1.807, 2.05) is 6.07 Å². The maximum atomic E-state index is 12.8. The minimum atomic E-state index is -3.82. The van der Waals surface area contributed by atoms with Crippen molar-refractivity contribution in [3.05, 3.63) is 95.8 Å². The van der Waals surface area contributed by atoms with Crippen molar-refractivity contribution in [2.24, 2.45) is 0 Å². The first-order chi connectivity index (χ1) is 12.5. The zero-order valence-corrected chi connectivity index (χ0v) is 14.4. The third kappa shape index (κ3) is 3.34. The second-order valence-corrected chi connectivity index (χ2v) is 7.23. The van der Waals surface area contributed by atoms with Crippen molar-refractivity contribution in [1.82, 2.24) is 3.97 Å². The average Bonchev–Trinajstić information content (AvgIpc) is 3.16. The van der Waals surface area contributed by atoms with Crippen LogP contribution in [-0.4, -0.2) is 18.2 Å². The first kappa shape index (κ1) is 17.4. The fraction of sp³-hybridized carbons (Fsp3) is 0. The van der Waals surface area contributed by atoms with Crippen molar-refractivity contribution in [3.8, 4) is 6.07 Å². The minimum absolute atomic E-state index is 0.124. The lowest BCUT2D eigenvalue weighted by molar-refractivity contribution is 0.104. The van der Waals surface area contributed by atoms with E-state index in [0.29, 0.717) is 5.56 Å². The molecule has 3 aromatic rings. The lowest BCUT2D eigenvalue weighted by Crippen LogP contribution is -2.13. The van der Waals surface area contributed by atoms with Crippen LogP contribution in [0.2, 0.25) is 0 Å². The van der Waals surface area contributed by atoms with Crippen LogP contribution in [0, 0.1) is 11.3 Å². The second-order valence-electron chi connectivity index (χ2n) is 5.41. The minimum Gasteiger partial charge on any atom is -0.288 e. The normalized spacial score (nSPS) is 11.7. The number of ketones is 1. The maximum Gasteiger partial charge on any atom is 0.268 e. The van der Waals surface area contributed by atoms with E-state index in [9.17, 15) is 18.5 Å². The van der Waals surface area contributed by atoms with Crippen molar-refractivity contribution >= 4 is 21.9 Å². The smallest absolute Gasteiger partial charge is 0.268 e. The highest BCUT2D eigenvalue weighted by Gasteiger charge is 2.19. The fourth-order valence-corrected chi connectivity index (χ4v) is 3.81. The number of nitrogens with zero attached hydrogens (tertiary/aromatic N) is 2. The van der Waals surface area contributed by atoms with Gasteiger partial charge in [-0.3, -0.25) is 4.79 Å². The van der Waals surface area contributed by atoms with Gasteiger partial charge in [0.05, 0.1) is 10.6 Å². The van der Waals surface area contributed by atoms with Gasteiger partial charge in [-0.05, 0) is 30.3 Å². The van der Waals surface area contributed by atoms with E-state index < -0.39 is 15.8 Å². The van der Waals surface area contributed by atoms with Gasteiger partial charge < -0.3 is 0 Å². The van der Waals surface area contributed by atoms with Crippen molar-refractivity contribution in [2.75, 3.05) is 0 Å². The standard InChI is InChI=1S/C20H14N2O3S/c21-15-17(20(23)16-8-3-1-4-9-16)14-18-10-7-13-22(18)26(24,25)19-11-5-2-6-12-19/h1-14H. The molecule has 0 unspecified atom stereocenters. The molecular formula is C20H14N2O3S. The Hall–Kier alpha value is -3.43. The number of carbonyl (C=O) groups excluding carboxylic acids is 1. The molecule has 0 saturated heterocycles. The molecule has 0 aliphatic rings. The topological polar surface area (TPSA) is 79.9 Å². The van der Waals surface area contributed by atoms with Crippen LogP contribution in [0.25, 0.3) is 6.08 Å². The molecule has 0 fully saturated rings. The number of aromatic nitrogens is 1. The summed E-state index contributed by atoms with van der Waals surface area (Å²) >= 11 is 0. The third-order valence-electron chi connectivity index (χ3n) is 3.74. The molecule has 26 heavy (non-hydrogen) atoms. The Morgan fingerprint density at radius 1 is 0.923 bits per heavy atom. The van der Waals surface area contributed by atoms with Crippen molar-refractivity contribution in [1.29, 1.82) is 5.26 Å². The van der Waals surface area contributed by atoms with E-state index in [1.165, 1.54) is 30.5 Å². The Morgan fingerprint density at radius 2 is 1.54 bits per heavy atom. The Kier molecular flexibility index (Phi) is 4.83. The van der Waals surface area contributed by atoms with E-state index in [4.69, 9.17) is 0 Å². The Morgan fingerprint density at radius 3 is 2.15 bits per heavy atom. The molecule has 0 spiro atoms. The van der Waals surface area contributed by atoms with Gasteiger partial charge in [-0.15, -0.1) is 0 Å². The van der Waals surface area contributed by atoms with Crippen LogP contribution >= 0.6 is 0 Å². The van der Waals surface area contributed by atoms with Gasteiger partial charge in [-0.25, -0.2) is 12.4 Å². The first-order valence-corrected chi connectivity index (χ1v) is 9.17. The van der Waals surface area contributed by atoms with E-state index in [0.717, 1.165) is 3.97 Å². The lowest BCUT2D eigenvalue weighted by atomic mass is 10.0. The quantitative estimate of drug-likeness (QED) is 0.395. The van der Waals surface area contributed by atoms with E-state index in [1.54, 1.807) is 54.6 Å². The molecule has 0 radical (unpaired) electrons. The molecule has 0 atom stereocenters. The molecule has 128 valence electrons. The van der Waals surface area contributed by atoms with Gasteiger partial charge in [-0.1, -0.05) is 48.5 Å². The van der Waals surface area contributed by atoms with Crippen LogP contribution in [-0.2, 0) is 10.0 Å². The zero-order valence-electron chi connectivity index (χ0n) is 13.6. The number of nitriles is 1. The van der Waals surface area contributed by atoms with Crippen molar-refractivity contribution in [2.45, 2.75) is 4.90 Å². The molecule has 0 bridgehead atoms. The summed E-state index contributed by atoms with van der Waals surface area (Å²) in [7, 11) is -3.82. The van der Waals surface area contributed by atoms with Gasteiger partial charge in [0.25, 0.3) is 10.0 Å². The van der Waals surface area contributed by atoms with Gasteiger partial charge in [0, 0.05) is 11.8 Å². The van der Waals surface area contributed by atoms with Gasteiger partial charge in [0.1, 0.15) is 11.6 Å². The molecule has 1 heterocycles. The highest BCUT2D eigenvalue weighted by Crippen LogP contribution is 2.19. The highest BCUT2D eigenvalue weighted by atomic mass is 32.2. The van der Waals surface area contributed by atoms with Crippen LogP contribution in [0.4, 0.5) is 0 Å². The summed E-state index contributed by atoms with van der Waals surface area (Å²) in [5.41, 5.74) is 0.457. The number of hydrogen-bond donors (Lipinski definition) is 0. The summed E-state index contributed by atoms with van der Waals surface area (Å²) < 4.78 is 26.6. The molecule has 2 aromatic carbocycles. The molecule has 0 saturated carbocycles. The summed E-state index contributed by atoms with van der Waals surface area (Å²) in [6.07, 6.45) is 2.67. The summed E-state index contributed by atoms with van der Waals surface area (Å²) in [5, 5.41) is 9.37. The Labute approximate surface area is 151 Å². The van der Waals surface area contributed by atoms with Crippen LogP contribution in [0.3, 0.4) is 0 Å². The second kappa shape index (κ2) is 7.21. The van der Waals surface area contributed by atoms with Crippen molar-refractivity contribution in [3.63, 3.8) is 0 Å². The van der Waals surface area contributed by atoms with Crippen LogP contribution in [0.5, 0.6) is 0 Å². The maximum absolute atomic E-state index is 12.8. The Bertz CT molecular complexity index is 1110. The highest BCUT2D eigenvalue weighted by molar-refractivity contribution is 7.90. The predicted molar refractivity (Wildman–Crippen MR) is 97.8 cm³/mol. The van der Waals surface area contributed by atoms with E-state index in [2.05, 4.69) is 0 Å². The first-order valence-electron chi connectivity index (χ1n) is 7.73. The molecular weight excluding hydrogens is 348 g/mol. The molecule has 0 aliphatic heterocycles. The van der Waals surface area contributed by atoms with Crippen molar-refractivity contribution < 1.29 is 13.2 Å². The van der Waals surface area contributed by atoms with E-state index in [-0.39, 0.29) is 16.2 Å². The SMILES string of the molecule is N#CC(=Cc1cccn1S(=O)(=O)c1ccccc1)C(=O)c1ccccc1. The average molecular weight is 362 g/mol. The van der Waals surface area contributed by atoms with Crippen LogP contribution in [0.15, 0.2) is 89.5 Å². The molecule has 0 aliphatic carbocycles. The van der Waals surface area contributed by atoms with Gasteiger partial charge in [0.15, 0.2) is 0 Å². The monoisotopic (exact) mass is 362 g/mol. The van der Waals surface area contributed by atoms with Gasteiger partial charge in [-0.2, -0.15) is 5.26 Å². The molecule has 5 nitrogen and oxygen atoms in total. The molecule has 1 aromatic heterocycles. The van der Waals surface area contributed by atoms with Crippen LogP contribution in [0.1, 0.15) is 16.1 Å². The zero-order chi connectivity index (χ0) is 18.6. The Balaban J connectivity index is 2.04. The number of allylic oxidation sites excluding steroid dienone is 1. The van der Waals surface area contributed by atoms with E-state index >= 15 is 0 Å². The third-order valence-corrected chi connectivity index (χ3v) is 5.45. The van der Waals surface area contributed by atoms with Gasteiger partial charge >= 0.3 is 0 Å². The number of rotatable bonds is 5. The number of benzene rings is 2. The molecule has 3 rings (SSSR count). The number of Topliss-reactive ketones (excluding diaryl/α,β-unsaturated/α-hetero) is 1. The largest absolute Gasteiger partial charge is 0.288 e. The number of carbonyl (C=O) groups is 1. The molecule has 0 amide bonds. The summed E-state index contributed by atoms with van der Waals surface area (Å²) in [6, 6.07) is 21.3. The molecule has 0 N–H and O–H groups in total. The van der Waals surface area contributed by atoms with Crippen LogP contribution < -0.4 is 0 Å². The lowest BCUT2D eigenvalue weighted by Gasteiger charge is -2.08. The number of hydrogen-bond acceptors (Lipinski definition) is 4. The van der Waals surface area contributed by atoms with Gasteiger partial charge in [0.2, 0.25) is 5.78 Å². The summed E-state index contributed by atoms with van der Waals surface area (Å²) in [6.45, 7) is 0. The summed E-state index contributed by atoms with van der Waals surface area (Å²) in [4.78, 5) is 12.6. The fourth-order valence-electron chi connectivity index (χ4n) is 2.46. The summed E-state index contributed by atoms with van der Waals surface area (Å²) in [5.74, 6) is -0.460. The predicted octanol–water partition coefficient (Wildman–Crippen LogP) is 3.51.